The van der Waals surface area contributed by atoms with Crippen molar-refractivity contribution >= 4 is 17.2 Å². The molecule has 1 aliphatic rings. The summed E-state index contributed by atoms with van der Waals surface area (Å²) >= 11 is 5.64. The highest BCUT2D eigenvalue weighted by molar-refractivity contribution is 7.80. The fraction of sp³-hybridized carbons (Fsp3) is 0.409. The summed E-state index contributed by atoms with van der Waals surface area (Å²) < 4.78 is 0. The molecule has 2 atom stereocenters. The van der Waals surface area contributed by atoms with E-state index in [2.05, 4.69) is 72.2 Å². The fourth-order valence-corrected chi connectivity index (χ4v) is 3.86. The summed E-state index contributed by atoms with van der Waals surface area (Å²) in [6.45, 7) is 3.04. The third kappa shape index (κ3) is 5.65. The average molecular weight is 353 g/mol. The van der Waals surface area contributed by atoms with Crippen LogP contribution in [-0.2, 0) is 13.0 Å². The van der Waals surface area contributed by atoms with Gasteiger partial charge in [-0.3, -0.25) is 0 Å². The molecule has 2 N–H and O–H groups in total. The van der Waals surface area contributed by atoms with Gasteiger partial charge >= 0.3 is 0 Å². The Balaban J connectivity index is 1.53. The Bertz CT molecular complexity index is 666. The van der Waals surface area contributed by atoms with E-state index in [0.717, 1.165) is 18.0 Å². The molecule has 2 aromatic carbocycles. The van der Waals surface area contributed by atoms with E-state index in [1.54, 1.807) is 0 Å². The van der Waals surface area contributed by atoms with E-state index >= 15 is 0 Å². The van der Waals surface area contributed by atoms with Crippen molar-refractivity contribution in [3.63, 3.8) is 0 Å². The molecule has 1 saturated carbocycles. The molecule has 2 nitrogen and oxygen atoms in total. The minimum atomic E-state index is 0.440. The molecule has 0 aliphatic heterocycles. The van der Waals surface area contributed by atoms with Crippen molar-refractivity contribution in [3.8, 4) is 0 Å². The zero-order chi connectivity index (χ0) is 17.5. The van der Waals surface area contributed by atoms with E-state index in [-0.39, 0.29) is 0 Å². The van der Waals surface area contributed by atoms with E-state index in [1.807, 2.05) is 0 Å². The Kier molecular flexibility index (Phi) is 6.60. The second kappa shape index (κ2) is 9.12. The van der Waals surface area contributed by atoms with Crippen molar-refractivity contribution in [1.29, 1.82) is 0 Å². The molecule has 3 rings (SSSR count). The van der Waals surface area contributed by atoms with Gasteiger partial charge in [0, 0.05) is 25.0 Å². The van der Waals surface area contributed by atoms with Crippen molar-refractivity contribution in [2.45, 2.75) is 57.7 Å². The van der Waals surface area contributed by atoms with Crippen LogP contribution in [0.2, 0.25) is 0 Å². The quantitative estimate of drug-likeness (QED) is 0.746. The minimum absolute atomic E-state index is 0.440. The molecule has 0 spiro atoms. The van der Waals surface area contributed by atoms with Gasteiger partial charge in [0.15, 0.2) is 0 Å². The third-order valence-electron chi connectivity index (χ3n) is 5.01. The lowest BCUT2D eigenvalue weighted by molar-refractivity contribution is 0.307. The SMILES string of the molecule is Cc1ccc(CC(=S)N[C@@H]2CCCC[C@H]2NCc2ccccc2)cc1. The van der Waals surface area contributed by atoms with E-state index in [1.165, 1.54) is 42.4 Å². The van der Waals surface area contributed by atoms with Crippen LogP contribution in [0.1, 0.15) is 42.4 Å². The first kappa shape index (κ1) is 18.1. The number of hydrogen-bond acceptors (Lipinski definition) is 2. The molecule has 0 amide bonds. The lowest BCUT2D eigenvalue weighted by atomic mass is 9.90. The van der Waals surface area contributed by atoms with E-state index in [4.69, 9.17) is 12.2 Å². The van der Waals surface area contributed by atoms with Gasteiger partial charge in [-0.2, -0.15) is 0 Å². The first-order chi connectivity index (χ1) is 12.2. The highest BCUT2D eigenvalue weighted by Gasteiger charge is 2.25. The summed E-state index contributed by atoms with van der Waals surface area (Å²) in [6.07, 6.45) is 5.83. The van der Waals surface area contributed by atoms with Gasteiger partial charge in [0.05, 0.1) is 4.99 Å². The monoisotopic (exact) mass is 352 g/mol. The third-order valence-corrected chi connectivity index (χ3v) is 5.27. The number of aryl methyl sites for hydroxylation is 1. The maximum Gasteiger partial charge on any atom is 0.0800 e. The maximum absolute atomic E-state index is 5.64. The van der Waals surface area contributed by atoms with Crippen LogP contribution < -0.4 is 10.6 Å². The molecule has 0 heterocycles. The molecule has 132 valence electrons. The van der Waals surface area contributed by atoms with Crippen LogP contribution in [0.25, 0.3) is 0 Å². The lowest BCUT2D eigenvalue weighted by Crippen LogP contribution is -2.51. The minimum Gasteiger partial charge on any atom is -0.375 e. The Morgan fingerprint density at radius 3 is 2.32 bits per heavy atom. The molecule has 1 aliphatic carbocycles. The molecule has 0 unspecified atom stereocenters. The summed E-state index contributed by atoms with van der Waals surface area (Å²) in [4.78, 5) is 0.960. The van der Waals surface area contributed by atoms with Crippen LogP contribution in [0.15, 0.2) is 54.6 Å². The standard InChI is InChI=1S/C22H28N2S/c1-17-11-13-18(14-12-17)15-22(25)24-21-10-6-5-9-20(21)23-16-19-7-3-2-4-8-19/h2-4,7-8,11-14,20-21,23H,5-6,9-10,15-16H2,1H3,(H,24,25)/t20-,21-/m1/s1. The Hall–Kier alpha value is -1.71. The van der Waals surface area contributed by atoms with Gasteiger partial charge in [-0.05, 0) is 30.9 Å². The van der Waals surface area contributed by atoms with E-state index in [0.29, 0.717) is 12.1 Å². The summed E-state index contributed by atoms with van der Waals surface area (Å²) in [7, 11) is 0. The maximum atomic E-state index is 5.64. The predicted molar refractivity (Wildman–Crippen MR) is 110 cm³/mol. The van der Waals surface area contributed by atoms with Gasteiger partial charge in [0.25, 0.3) is 0 Å². The first-order valence-electron chi connectivity index (χ1n) is 9.33. The second-order valence-corrected chi connectivity index (χ2v) is 7.59. The molecule has 2 aromatic rings. The molecule has 0 saturated heterocycles. The molecular weight excluding hydrogens is 324 g/mol. The van der Waals surface area contributed by atoms with Crippen molar-refractivity contribution in [2.75, 3.05) is 0 Å². The summed E-state index contributed by atoms with van der Waals surface area (Å²) in [5, 5.41) is 7.38. The lowest BCUT2D eigenvalue weighted by Gasteiger charge is -2.34. The number of rotatable bonds is 6. The molecular formula is C22H28N2S. The van der Waals surface area contributed by atoms with Crippen molar-refractivity contribution in [2.24, 2.45) is 0 Å². The number of hydrogen-bond donors (Lipinski definition) is 2. The summed E-state index contributed by atoms with van der Waals surface area (Å²) in [5.74, 6) is 0. The molecule has 25 heavy (non-hydrogen) atoms. The van der Waals surface area contributed by atoms with Crippen LogP contribution >= 0.6 is 12.2 Å². The van der Waals surface area contributed by atoms with Gasteiger partial charge in [-0.1, -0.05) is 85.2 Å². The van der Waals surface area contributed by atoms with Crippen LogP contribution in [0.3, 0.4) is 0 Å². The first-order valence-corrected chi connectivity index (χ1v) is 9.74. The zero-order valence-electron chi connectivity index (χ0n) is 15.0. The molecule has 0 radical (unpaired) electrons. The normalized spacial score (nSPS) is 20.2. The Morgan fingerprint density at radius 2 is 1.60 bits per heavy atom. The molecule has 0 bridgehead atoms. The average Bonchev–Trinajstić information content (AvgIpc) is 2.64. The van der Waals surface area contributed by atoms with Gasteiger partial charge in [-0.25, -0.2) is 0 Å². The predicted octanol–water partition coefficient (Wildman–Crippen LogP) is 4.56. The topological polar surface area (TPSA) is 24.1 Å². The van der Waals surface area contributed by atoms with Crippen LogP contribution in [0.4, 0.5) is 0 Å². The Morgan fingerprint density at radius 1 is 0.920 bits per heavy atom. The summed E-state index contributed by atoms with van der Waals surface area (Å²) in [6, 6.07) is 20.2. The van der Waals surface area contributed by atoms with Crippen LogP contribution in [0, 0.1) is 6.92 Å². The highest BCUT2D eigenvalue weighted by atomic mass is 32.1. The number of thiocarbonyl (C=S) groups is 1. The van der Waals surface area contributed by atoms with Crippen LogP contribution in [0.5, 0.6) is 0 Å². The number of nitrogens with one attached hydrogen (secondary N) is 2. The largest absolute Gasteiger partial charge is 0.375 e. The molecule has 1 fully saturated rings. The summed E-state index contributed by atoms with van der Waals surface area (Å²) in [5.41, 5.74) is 3.92. The van der Waals surface area contributed by atoms with Crippen LogP contribution in [-0.4, -0.2) is 17.1 Å². The van der Waals surface area contributed by atoms with E-state index < -0.39 is 0 Å². The van der Waals surface area contributed by atoms with Crippen molar-refractivity contribution in [1.82, 2.24) is 10.6 Å². The van der Waals surface area contributed by atoms with Crippen molar-refractivity contribution < 1.29 is 0 Å². The fourth-order valence-electron chi connectivity index (χ4n) is 3.54. The van der Waals surface area contributed by atoms with Gasteiger partial charge < -0.3 is 10.6 Å². The molecule has 0 aromatic heterocycles. The highest BCUT2D eigenvalue weighted by Crippen LogP contribution is 2.19. The van der Waals surface area contributed by atoms with Gasteiger partial charge in [0.2, 0.25) is 0 Å². The van der Waals surface area contributed by atoms with Gasteiger partial charge in [0.1, 0.15) is 0 Å². The van der Waals surface area contributed by atoms with E-state index in [9.17, 15) is 0 Å². The Labute approximate surface area is 157 Å². The smallest absolute Gasteiger partial charge is 0.0800 e. The second-order valence-electron chi connectivity index (χ2n) is 7.09. The van der Waals surface area contributed by atoms with Gasteiger partial charge in [-0.15, -0.1) is 0 Å². The molecule has 3 heteroatoms. The number of benzene rings is 2. The van der Waals surface area contributed by atoms with Crippen molar-refractivity contribution in [3.05, 3.63) is 71.3 Å². The zero-order valence-corrected chi connectivity index (χ0v) is 15.8.